The molecule has 0 aliphatic carbocycles. The van der Waals surface area contributed by atoms with E-state index < -0.39 is 0 Å². The Hall–Kier alpha value is -2.51. The summed E-state index contributed by atoms with van der Waals surface area (Å²) < 4.78 is 7.57. The number of pyridine rings is 1. The minimum absolute atomic E-state index is 0.235. The number of H-pyrrole nitrogens is 1. The number of rotatable bonds is 6. The highest BCUT2D eigenvalue weighted by Crippen LogP contribution is 2.32. The van der Waals surface area contributed by atoms with E-state index in [1.54, 1.807) is 13.3 Å². The summed E-state index contributed by atoms with van der Waals surface area (Å²) in [6, 6.07) is 6.29. The Morgan fingerprint density at radius 2 is 2.19 bits per heavy atom. The molecule has 4 heterocycles. The molecule has 1 aliphatic rings. The van der Waals surface area contributed by atoms with E-state index in [0.717, 1.165) is 43.0 Å². The first-order valence-corrected chi connectivity index (χ1v) is 8.93. The number of ether oxygens (including phenoxy) is 1. The van der Waals surface area contributed by atoms with Crippen molar-refractivity contribution >= 4 is 0 Å². The Labute approximate surface area is 153 Å². The number of imidazole rings is 1. The lowest BCUT2D eigenvalue weighted by Gasteiger charge is -2.22. The molecule has 3 aromatic rings. The van der Waals surface area contributed by atoms with Gasteiger partial charge in [-0.1, -0.05) is 0 Å². The summed E-state index contributed by atoms with van der Waals surface area (Å²) >= 11 is 0. The van der Waals surface area contributed by atoms with Crippen LogP contribution in [0.15, 0.2) is 43.0 Å². The number of aromatic amines is 1. The lowest BCUT2D eigenvalue weighted by Crippen LogP contribution is -2.28. The highest BCUT2D eigenvalue weighted by Gasteiger charge is 2.34. The molecule has 0 bridgehead atoms. The number of nitrogens with zero attached hydrogens (tertiary/aromatic N) is 5. The maximum atomic E-state index is 5.63. The third-order valence-corrected chi connectivity index (χ3v) is 5.16. The Morgan fingerprint density at radius 3 is 2.92 bits per heavy atom. The van der Waals surface area contributed by atoms with Crippen LogP contribution in [0.25, 0.3) is 11.3 Å². The molecule has 1 fully saturated rings. The molecule has 0 aromatic carbocycles. The predicted octanol–water partition coefficient (Wildman–Crippen LogP) is 2.21. The van der Waals surface area contributed by atoms with Crippen molar-refractivity contribution in [1.82, 2.24) is 29.6 Å². The number of aromatic nitrogens is 5. The molecule has 0 spiro atoms. The van der Waals surface area contributed by atoms with E-state index >= 15 is 0 Å². The van der Waals surface area contributed by atoms with Crippen molar-refractivity contribution in [1.29, 1.82) is 0 Å². The maximum absolute atomic E-state index is 5.63. The van der Waals surface area contributed by atoms with Gasteiger partial charge in [0.15, 0.2) is 0 Å². The monoisotopic (exact) mass is 352 g/mol. The number of likely N-dealkylation sites (tertiary alicyclic amines) is 1. The van der Waals surface area contributed by atoms with E-state index in [1.807, 2.05) is 42.5 Å². The van der Waals surface area contributed by atoms with E-state index in [2.05, 4.69) is 31.0 Å². The summed E-state index contributed by atoms with van der Waals surface area (Å²) in [4.78, 5) is 14.8. The molecule has 0 unspecified atom stereocenters. The van der Waals surface area contributed by atoms with Crippen LogP contribution in [0.5, 0.6) is 0 Å². The van der Waals surface area contributed by atoms with Crippen molar-refractivity contribution in [3.8, 4) is 11.3 Å². The molecule has 1 aliphatic heterocycles. The third kappa shape index (κ3) is 3.40. The topological polar surface area (TPSA) is 71.9 Å². The Balaban J connectivity index is 1.51. The van der Waals surface area contributed by atoms with E-state index in [0.29, 0.717) is 0 Å². The molecule has 136 valence electrons. The summed E-state index contributed by atoms with van der Waals surface area (Å²) in [5.74, 6) is 0.994. The van der Waals surface area contributed by atoms with Crippen LogP contribution < -0.4 is 0 Å². The van der Waals surface area contributed by atoms with Crippen molar-refractivity contribution in [2.75, 3.05) is 20.2 Å². The Morgan fingerprint density at radius 1 is 1.27 bits per heavy atom. The first kappa shape index (κ1) is 16.9. The zero-order valence-electron chi connectivity index (χ0n) is 15.2. The summed E-state index contributed by atoms with van der Waals surface area (Å²) in [5, 5.41) is 4.26. The van der Waals surface area contributed by atoms with Gasteiger partial charge in [-0.3, -0.25) is 14.6 Å². The molecule has 26 heavy (non-hydrogen) atoms. The van der Waals surface area contributed by atoms with Crippen LogP contribution in [-0.4, -0.2) is 55.9 Å². The van der Waals surface area contributed by atoms with Crippen molar-refractivity contribution in [2.45, 2.75) is 25.0 Å². The molecule has 3 aromatic heterocycles. The van der Waals surface area contributed by atoms with Crippen molar-refractivity contribution in [2.24, 2.45) is 7.05 Å². The summed E-state index contributed by atoms with van der Waals surface area (Å²) in [6.45, 7) is 1.87. The number of nitrogens with one attached hydrogen (secondary N) is 1. The van der Waals surface area contributed by atoms with Crippen LogP contribution in [-0.2, 0) is 18.2 Å². The van der Waals surface area contributed by atoms with Crippen molar-refractivity contribution in [3.05, 3.63) is 54.5 Å². The van der Waals surface area contributed by atoms with Gasteiger partial charge < -0.3 is 9.72 Å². The van der Waals surface area contributed by atoms with Crippen LogP contribution in [0, 0.1) is 0 Å². The van der Waals surface area contributed by atoms with Gasteiger partial charge in [-0.15, -0.1) is 0 Å². The summed E-state index contributed by atoms with van der Waals surface area (Å²) in [5.41, 5.74) is 3.29. The number of aryl methyl sites for hydroxylation is 1. The van der Waals surface area contributed by atoms with Gasteiger partial charge in [-0.2, -0.15) is 5.10 Å². The van der Waals surface area contributed by atoms with Crippen molar-refractivity contribution in [3.63, 3.8) is 0 Å². The predicted molar refractivity (Wildman–Crippen MR) is 98.5 cm³/mol. The molecule has 1 N–H and O–H groups in total. The van der Waals surface area contributed by atoms with Gasteiger partial charge in [0.1, 0.15) is 5.82 Å². The summed E-state index contributed by atoms with van der Waals surface area (Å²) in [7, 11) is 3.77. The quantitative estimate of drug-likeness (QED) is 0.736. The largest absolute Gasteiger partial charge is 0.380 e. The van der Waals surface area contributed by atoms with Gasteiger partial charge in [0.25, 0.3) is 0 Å². The number of hydrogen-bond acceptors (Lipinski definition) is 5. The molecular formula is C19H24N6O. The third-order valence-electron chi connectivity index (χ3n) is 5.16. The SMILES string of the molecule is CO[C@@H]1C[C@@H](c2ncc(-c3cccnc3)[nH]2)N(CCc2ccnn2C)C1. The van der Waals surface area contributed by atoms with E-state index in [4.69, 9.17) is 4.74 Å². The van der Waals surface area contributed by atoms with Crippen LogP contribution in [0.1, 0.15) is 24.0 Å². The lowest BCUT2D eigenvalue weighted by molar-refractivity contribution is 0.108. The Bertz CT molecular complexity index is 843. The molecule has 0 saturated carbocycles. The fourth-order valence-electron chi connectivity index (χ4n) is 3.64. The van der Waals surface area contributed by atoms with Gasteiger partial charge in [0.2, 0.25) is 0 Å². The molecule has 7 nitrogen and oxygen atoms in total. The second kappa shape index (κ2) is 7.39. The Kier molecular flexibility index (Phi) is 4.81. The van der Waals surface area contributed by atoms with Gasteiger partial charge in [0, 0.05) is 63.5 Å². The fourth-order valence-corrected chi connectivity index (χ4v) is 3.64. The molecule has 0 radical (unpaired) electrons. The molecule has 1 saturated heterocycles. The highest BCUT2D eigenvalue weighted by atomic mass is 16.5. The van der Waals surface area contributed by atoms with E-state index in [-0.39, 0.29) is 12.1 Å². The average Bonchev–Trinajstić information content (AvgIpc) is 3.40. The first-order chi connectivity index (χ1) is 12.7. The maximum Gasteiger partial charge on any atom is 0.124 e. The molecule has 7 heteroatoms. The smallest absolute Gasteiger partial charge is 0.124 e. The van der Waals surface area contributed by atoms with Gasteiger partial charge in [-0.25, -0.2) is 4.98 Å². The zero-order chi connectivity index (χ0) is 17.9. The molecular weight excluding hydrogens is 328 g/mol. The highest BCUT2D eigenvalue weighted by molar-refractivity contribution is 5.56. The fraction of sp³-hybridized carbons (Fsp3) is 0.421. The summed E-state index contributed by atoms with van der Waals surface area (Å²) in [6.07, 6.45) is 9.51. The average molecular weight is 352 g/mol. The lowest BCUT2D eigenvalue weighted by atomic mass is 10.2. The van der Waals surface area contributed by atoms with E-state index in [1.165, 1.54) is 5.69 Å². The standard InChI is InChI=1S/C19H24N6O/c1-24-15(5-8-22-24)6-9-25-13-16(26-2)10-18(25)19-21-12-17(23-19)14-4-3-7-20-11-14/h3-5,7-8,11-12,16,18H,6,9-10,13H2,1-2H3,(H,21,23)/t16-,18+/m1/s1. The minimum Gasteiger partial charge on any atom is -0.380 e. The minimum atomic E-state index is 0.235. The number of methoxy groups -OCH3 is 1. The zero-order valence-corrected chi connectivity index (χ0v) is 15.2. The van der Waals surface area contributed by atoms with Crippen molar-refractivity contribution < 1.29 is 4.74 Å². The van der Waals surface area contributed by atoms with Crippen LogP contribution in [0.4, 0.5) is 0 Å². The first-order valence-electron chi connectivity index (χ1n) is 8.93. The van der Waals surface area contributed by atoms with Gasteiger partial charge in [0.05, 0.1) is 24.0 Å². The number of hydrogen-bond donors (Lipinski definition) is 1. The van der Waals surface area contributed by atoms with Crippen LogP contribution in [0.3, 0.4) is 0 Å². The molecule has 0 amide bonds. The van der Waals surface area contributed by atoms with Crippen LogP contribution in [0.2, 0.25) is 0 Å². The van der Waals surface area contributed by atoms with Gasteiger partial charge >= 0.3 is 0 Å². The second-order valence-electron chi connectivity index (χ2n) is 6.72. The molecule has 2 atom stereocenters. The van der Waals surface area contributed by atoms with E-state index in [9.17, 15) is 0 Å². The van der Waals surface area contributed by atoms with Gasteiger partial charge in [-0.05, 0) is 24.6 Å². The normalized spacial score (nSPS) is 20.7. The second-order valence-corrected chi connectivity index (χ2v) is 6.72. The van der Waals surface area contributed by atoms with Crippen LogP contribution >= 0.6 is 0 Å². The molecule has 4 rings (SSSR count).